The van der Waals surface area contributed by atoms with Gasteiger partial charge in [-0.05, 0) is 48.9 Å². The van der Waals surface area contributed by atoms with Crippen molar-refractivity contribution in [3.8, 4) is 0 Å². The molecule has 6 heteroatoms. The standard InChI is InChI=1S/C15H14Cl2N2OS/c1-9-6-10(16)3-5-13(9)19-15(20)8-21-14-7-11(17)2-4-12(14)18/h2-7H,8,18H2,1H3,(H,19,20). The Kier molecular flexibility index (Phi) is 5.39. The number of carbonyl (C=O) groups is 1. The van der Waals surface area contributed by atoms with Crippen LogP contribution in [-0.2, 0) is 4.79 Å². The van der Waals surface area contributed by atoms with Crippen molar-refractivity contribution >= 4 is 52.2 Å². The van der Waals surface area contributed by atoms with E-state index >= 15 is 0 Å². The number of benzene rings is 2. The summed E-state index contributed by atoms with van der Waals surface area (Å²) in [5.41, 5.74) is 8.13. The summed E-state index contributed by atoms with van der Waals surface area (Å²) in [6, 6.07) is 10.5. The van der Waals surface area contributed by atoms with Crippen LogP contribution in [0.15, 0.2) is 41.3 Å². The average Bonchev–Trinajstić information content (AvgIpc) is 2.43. The van der Waals surface area contributed by atoms with Gasteiger partial charge in [0, 0.05) is 26.3 Å². The Morgan fingerprint density at radius 3 is 2.57 bits per heavy atom. The molecule has 1 amide bonds. The summed E-state index contributed by atoms with van der Waals surface area (Å²) in [5, 5.41) is 4.09. The number of amides is 1. The van der Waals surface area contributed by atoms with E-state index in [2.05, 4.69) is 5.32 Å². The zero-order valence-corrected chi connectivity index (χ0v) is 13.6. The van der Waals surface area contributed by atoms with Gasteiger partial charge in [-0.2, -0.15) is 0 Å². The van der Waals surface area contributed by atoms with Gasteiger partial charge in [0.1, 0.15) is 0 Å². The zero-order chi connectivity index (χ0) is 15.4. The monoisotopic (exact) mass is 340 g/mol. The van der Waals surface area contributed by atoms with E-state index in [9.17, 15) is 4.79 Å². The van der Waals surface area contributed by atoms with Gasteiger partial charge in [-0.15, -0.1) is 11.8 Å². The van der Waals surface area contributed by atoms with E-state index < -0.39 is 0 Å². The van der Waals surface area contributed by atoms with E-state index in [0.717, 1.165) is 16.1 Å². The molecule has 0 aliphatic rings. The highest BCUT2D eigenvalue weighted by molar-refractivity contribution is 8.00. The summed E-state index contributed by atoms with van der Waals surface area (Å²) in [4.78, 5) is 12.8. The quantitative estimate of drug-likeness (QED) is 0.630. The van der Waals surface area contributed by atoms with Crippen molar-refractivity contribution in [2.24, 2.45) is 0 Å². The molecule has 0 heterocycles. The van der Waals surface area contributed by atoms with Gasteiger partial charge in [0.25, 0.3) is 0 Å². The predicted octanol–water partition coefficient (Wildman–Crippen LogP) is 4.61. The number of nitrogen functional groups attached to an aromatic ring is 1. The van der Waals surface area contributed by atoms with Gasteiger partial charge in [0.2, 0.25) is 5.91 Å². The molecule has 0 spiro atoms. The van der Waals surface area contributed by atoms with E-state index in [-0.39, 0.29) is 11.7 Å². The fraction of sp³-hybridized carbons (Fsp3) is 0.133. The first-order valence-corrected chi connectivity index (χ1v) is 7.93. The summed E-state index contributed by atoms with van der Waals surface area (Å²) >= 11 is 13.1. The molecule has 0 aliphatic carbocycles. The smallest absolute Gasteiger partial charge is 0.234 e. The minimum Gasteiger partial charge on any atom is -0.398 e. The molecule has 0 aliphatic heterocycles. The van der Waals surface area contributed by atoms with Crippen molar-refractivity contribution in [1.82, 2.24) is 0 Å². The number of thioether (sulfide) groups is 1. The second-order valence-corrected chi connectivity index (χ2v) is 6.37. The average molecular weight is 341 g/mol. The van der Waals surface area contributed by atoms with Gasteiger partial charge in [-0.25, -0.2) is 0 Å². The molecule has 2 rings (SSSR count). The third-order valence-electron chi connectivity index (χ3n) is 2.80. The Morgan fingerprint density at radius 2 is 1.86 bits per heavy atom. The molecule has 0 atom stereocenters. The first-order valence-electron chi connectivity index (χ1n) is 6.19. The molecule has 3 nitrogen and oxygen atoms in total. The minimum atomic E-state index is -0.107. The molecular weight excluding hydrogens is 327 g/mol. The van der Waals surface area contributed by atoms with Crippen molar-refractivity contribution < 1.29 is 4.79 Å². The number of nitrogens with one attached hydrogen (secondary N) is 1. The van der Waals surface area contributed by atoms with Crippen LogP contribution in [0.5, 0.6) is 0 Å². The Balaban J connectivity index is 1.97. The lowest BCUT2D eigenvalue weighted by atomic mass is 10.2. The molecule has 0 saturated heterocycles. The van der Waals surface area contributed by atoms with E-state index in [1.165, 1.54) is 11.8 Å². The van der Waals surface area contributed by atoms with Crippen LogP contribution in [0.1, 0.15) is 5.56 Å². The number of aryl methyl sites for hydroxylation is 1. The number of nitrogens with two attached hydrogens (primary N) is 1. The maximum absolute atomic E-state index is 12.0. The van der Waals surface area contributed by atoms with Crippen LogP contribution in [0.2, 0.25) is 10.0 Å². The normalized spacial score (nSPS) is 10.4. The largest absolute Gasteiger partial charge is 0.398 e. The van der Waals surface area contributed by atoms with E-state index in [0.29, 0.717) is 15.7 Å². The van der Waals surface area contributed by atoms with Crippen molar-refractivity contribution in [3.63, 3.8) is 0 Å². The van der Waals surface area contributed by atoms with Crippen LogP contribution < -0.4 is 11.1 Å². The maximum Gasteiger partial charge on any atom is 0.234 e. The van der Waals surface area contributed by atoms with Gasteiger partial charge in [-0.1, -0.05) is 23.2 Å². The lowest BCUT2D eigenvalue weighted by molar-refractivity contribution is -0.113. The Morgan fingerprint density at radius 1 is 1.19 bits per heavy atom. The second kappa shape index (κ2) is 7.07. The topological polar surface area (TPSA) is 55.1 Å². The molecule has 2 aromatic carbocycles. The van der Waals surface area contributed by atoms with Crippen molar-refractivity contribution in [2.45, 2.75) is 11.8 Å². The molecule has 0 bridgehead atoms. The first-order chi connectivity index (χ1) is 9.95. The van der Waals surface area contributed by atoms with Gasteiger partial charge in [0.15, 0.2) is 0 Å². The Bertz CT molecular complexity index is 677. The minimum absolute atomic E-state index is 0.107. The van der Waals surface area contributed by atoms with E-state index in [1.807, 2.05) is 6.92 Å². The molecule has 21 heavy (non-hydrogen) atoms. The van der Waals surface area contributed by atoms with Crippen LogP contribution >= 0.6 is 35.0 Å². The lowest BCUT2D eigenvalue weighted by Gasteiger charge is -2.09. The summed E-state index contributed by atoms with van der Waals surface area (Å²) in [6.07, 6.45) is 0. The number of anilines is 2. The van der Waals surface area contributed by atoms with Crippen molar-refractivity contribution in [2.75, 3.05) is 16.8 Å². The third kappa shape index (κ3) is 4.56. The Labute approximate surface area is 137 Å². The van der Waals surface area contributed by atoms with Gasteiger partial charge in [-0.3, -0.25) is 4.79 Å². The van der Waals surface area contributed by atoms with Crippen LogP contribution in [0.25, 0.3) is 0 Å². The van der Waals surface area contributed by atoms with Crippen LogP contribution in [-0.4, -0.2) is 11.7 Å². The fourth-order valence-electron chi connectivity index (χ4n) is 1.73. The number of rotatable bonds is 4. The first kappa shape index (κ1) is 16.0. The number of hydrogen-bond donors (Lipinski definition) is 2. The zero-order valence-electron chi connectivity index (χ0n) is 11.3. The lowest BCUT2D eigenvalue weighted by Crippen LogP contribution is -2.14. The van der Waals surface area contributed by atoms with Crippen molar-refractivity contribution in [3.05, 3.63) is 52.0 Å². The van der Waals surface area contributed by atoms with Gasteiger partial charge < -0.3 is 11.1 Å². The van der Waals surface area contributed by atoms with E-state index in [1.54, 1.807) is 36.4 Å². The summed E-state index contributed by atoms with van der Waals surface area (Å²) in [6.45, 7) is 1.89. The molecular formula is C15H14Cl2N2OS. The summed E-state index contributed by atoms with van der Waals surface area (Å²) in [7, 11) is 0. The molecule has 0 unspecified atom stereocenters. The fourth-order valence-corrected chi connectivity index (χ4v) is 3.00. The molecule has 0 radical (unpaired) electrons. The Hall–Kier alpha value is -1.36. The molecule has 3 N–H and O–H groups in total. The molecule has 0 saturated carbocycles. The highest BCUT2D eigenvalue weighted by atomic mass is 35.5. The van der Waals surface area contributed by atoms with Crippen molar-refractivity contribution in [1.29, 1.82) is 0 Å². The molecule has 2 aromatic rings. The van der Waals surface area contributed by atoms with Crippen LogP contribution in [0.4, 0.5) is 11.4 Å². The predicted molar refractivity (Wildman–Crippen MR) is 91.4 cm³/mol. The number of halogens is 2. The highest BCUT2D eigenvalue weighted by Crippen LogP contribution is 2.28. The maximum atomic E-state index is 12.0. The number of hydrogen-bond acceptors (Lipinski definition) is 3. The molecule has 0 fully saturated rings. The molecule has 110 valence electrons. The van der Waals surface area contributed by atoms with Crippen LogP contribution in [0.3, 0.4) is 0 Å². The highest BCUT2D eigenvalue weighted by Gasteiger charge is 2.08. The third-order valence-corrected chi connectivity index (χ3v) is 4.34. The van der Waals surface area contributed by atoms with Crippen LogP contribution in [0, 0.1) is 6.92 Å². The van der Waals surface area contributed by atoms with E-state index in [4.69, 9.17) is 28.9 Å². The second-order valence-electron chi connectivity index (χ2n) is 4.48. The number of carbonyl (C=O) groups excluding carboxylic acids is 1. The summed E-state index contributed by atoms with van der Waals surface area (Å²) < 4.78 is 0. The molecule has 0 aromatic heterocycles. The summed E-state index contributed by atoms with van der Waals surface area (Å²) in [5.74, 6) is 0.150. The SMILES string of the molecule is Cc1cc(Cl)ccc1NC(=O)CSc1cc(Cl)ccc1N. The van der Waals surface area contributed by atoms with Gasteiger partial charge >= 0.3 is 0 Å². The van der Waals surface area contributed by atoms with Gasteiger partial charge in [0.05, 0.1) is 5.75 Å².